The van der Waals surface area contributed by atoms with Gasteiger partial charge in [0.05, 0.1) is 4.90 Å². The summed E-state index contributed by atoms with van der Waals surface area (Å²) < 4.78 is 27.4. The standard InChI is InChI=1S/C20H25N3O3S.ClH/c1-14-3-9-19(10-4-14)27(25,26)23-18-7-5-17(6-8-18)22-20(24)16-11-12-21-15(2)13-16;/h3-10,15-16,21,23H,11-13H2,1-2H3,(H,22,24);1H/t15-,16-;/m0./s1. The molecule has 0 aromatic heterocycles. The highest BCUT2D eigenvalue weighted by Crippen LogP contribution is 2.21. The summed E-state index contributed by atoms with van der Waals surface area (Å²) >= 11 is 0. The van der Waals surface area contributed by atoms with Crippen molar-refractivity contribution in [3.05, 3.63) is 54.1 Å². The summed E-state index contributed by atoms with van der Waals surface area (Å²) in [6.07, 6.45) is 1.64. The van der Waals surface area contributed by atoms with Gasteiger partial charge in [0.25, 0.3) is 10.0 Å². The lowest BCUT2D eigenvalue weighted by molar-refractivity contribution is -0.120. The van der Waals surface area contributed by atoms with Crippen molar-refractivity contribution in [1.29, 1.82) is 0 Å². The molecule has 2 atom stereocenters. The second kappa shape index (κ2) is 9.41. The first-order valence-electron chi connectivity index (χ1n) is 9.07. The second-order valence-electron chi connectivity index (χ2n) is 7.06. The van der Waals surface area contributed by atoms with E-state index in [4.69, 9.17) is 0 Å². The number of hydrogen-bond donors (Lipinski definition) is 3. The fraction of sp³-hybridized carbons (Fsp3) is 0.350. The van der Waals surface area contributed by atoms with Gasteiger partial charge in [-0.2, -0.15) is 0 Å². The molecule has 0 spiro atoms. The minimum absolute atomic E-state index is 0. The van der Waals surface area contributed by atoms with Gasteiger partial charge in [-0.25, -0.2) is 8.42 Å². The molecule has 0 radical (unpaired) electrons. The smallest absolute Gasteiger partial charge is 0.261 e. The van der Waals surface area contributed by atoms with Crippen LogP contribution in [-0.4, -0.2) is 26.9 Å². The summed E-state index contributed by atoms with van der Waals surface area (Å²) in [4.78, 5) is 12.6. The molecule has 8 heteroatoms. The number of nitrogens with one attached hydrogen (secondary N) is 3. The predicted octanol–water partition coefficient (Wildman–Crippen LogP) is 3.54. The van der Waals surface area contributed by atoms with Gasteiger partial charge in [0.2, 0.25) is 5.91 Å². The van der Waals surface area contributed by atoms with Crippen molar-refractivity contribution in [2.24, 2.45) is 5.92 Å². The maximum atomic E-state index is 12.4. The fourth-order valence-corrected chi connectivity index (χ4v) is 4.23. The second-order valence-corrected chi connectivity index (χ2v) is 8.74. The number of piperidine rings is 1. The van der Waals surface area contributed by atoms with E-state index in [0.717, 1.165) is 24.9 Å². The van der Waals surface area contributed by atoms with Crippen molar-refractivity contribution in [3.8, 4) is 0 Å². The minimum atomic E-state index is -3.63. The lowest BCUT2D eigenvalue weighted by Gasteiger charge is -2.27. The van der Waals surface area contributed by atoms with Crippen molar-refractivity contribution in [3.63, 3.8) is 0 Å². The molecule has 3 N–H and O–H groups in total. The van der Waals surface area contributed by atoms with Crippen LogP contribution in [0.2, 0.25) is 0 Å². The number of rotatable bonds is 5. The van der Waals surface area contributed by atoms with E-state index in [1.165, 1.54) is 0 Å². The largest absolute Gasteiger partial charge is 0.326 e. The van der Waals surface area contributed by atoms with Crippen molar-refractivity contribution >= 4 is 39.7 Å². The molecule has 1 aliphatic rings. The fourth-order valence-electron chi connectivity index (χ4n) is 3.17. The molecule has 1 amide bonds. The van der Waals surface area contributed by atoms with Gasteiger partial charge in [-0.05, 0) is 69.6 Å². The molecule has 3 rings (SSSR count). The molecule has 0 saturated carbocycles. The van der Waals surface area contributed by atoms with Crippen LogP contribution in [0.5, 0.6) is 0 Å². The molecule has 152 valence electrons. The summed E-state index contributed by atoms with van der Waals surface area (Å²) in [6, 6.07) is 13.7. The molecule has 28 heavy (non-hydrogen) atoms. The van der Waals surface area contributed by atoms with Crippen LogP contribution >= 0.6 is 12.4 Å². The zero-order valence-corrected chi connectivity index (χ0v) is 17.6. The highest BCUT2D eigenvalue weighted by atomic mass is 35.5. The molecule has 2 aromatic rings. The van der Waals surface area contributed by atoms with Gasteiger partial charge in [-0.3, -0.25) is 9.52 Å². The molecular formula is C20H26ClN3O3S. The monoisotopic (exact) mass is 423 g/mol. The average molecular weight is 424 g/mol. The third-order valence-corrected chi connectivity index (χ3v) is 6.13. The minimum Gasteiger partial charge on any atom is -0.326 e. The topological polar surface area (TPSA) is 87.3 Å². The highest BCUT2D eigenvalue weighted by molar-refractivity contribution is 7.92. The SMILES string of the molecule is Cc1ccc(S(=O)(=O)Nc2ccc(NC(=O)[C@H]3CCN[C@@H](C)C3)cc2)cc1.Cl. The molecule has 0 bridgehead atoms. The van der Waals surface area contributed by atoms with Crippen LogP contribution in [0, 0.1) is 12.8 Å². The van der Waals surface area contributed by atoms with Gasteiger partial charge in [0.1, 0.15) is 0 Å². The summed E-state index contributed by atoms with van der Waals surface area (Å²) in [5, 5.41) is 6.25. The molecule has 1 aliphatic heterocycles. The maximum absolute atomic E-state index is 12.4. The molecule has 1 saturated heterocycles. The van der Waals surface area contributed by atoms with Crippen LogP contribution in [-0.2, 0) is 14.8 Å². The number of amides is 1. The Hall–Kier alpha value is -2.09. The van der Waals surface area contributed by atoms with Gasteiger partial charge in [0.15, 0.2) is 0 Å². The number of hydrogen-bond acceptors (Lipinski definition) is 4. The van der Waals surface area contributed by atoms with Crippen LogP contribution in [0.15, 0.2) is 53.4 Å². The Morgan fingerprint density at radius 3 is 2.25 bits per heavy atom. The van der Waals surface area contributed by atoms with E-state index in [1.54, 1.807) is 48.5 Å². The molecular weight excluding hydrogens is 398 g/mol. The zero-order chi connectivity index (χ0) is 19.4. The Morgan fingerprint density at radius 2 is 1.64 bits per heavy atom. The Bertz CT molecular complexity index is 899. The van der Waals surface area contributed by atoms with E-state index < -0.39 is 10.0 Å². The molecule has 6 nitrogen and oxygen atoms in total. The summed E-state index contributed by atoms with van der Waals surface area (Å²) in [5.74, 6) is 0.0114. The quantitative estimate of drug-likeness (QED) is 0.686. The normalized spacial score (nSPS) is 19.4. The number of carbonyl (C=O) groups is 1. The van der Waals surface area contributed by atoms with E-state index >= 15 is 0 Å². The zero-order valence-electron chi connectivity index (χ0n) is 15.9. The van der Waals surface area contributed by atoms with E-state index in [9.17, 15) is 13.2 Å². The van der Waals surface area contributed by atoms with Gasteiger partial charge < -0.3 is 10.6 Å². The summed E-state index contributed by atoms with van der Waals surface area (Å²) in [7, 11) is -3.63. The van der Waals surface area contributed by atoms with Crippen LogP contribution in [0.25, 0.3) is 0 Å². The number of halogens is 1. The third-order valence-electron chi connectivity index (χ3n) is 4.73. The number of carbonyl (C=O) groups excluding carboxylic acids is 1. The lowest BCUT2D eigenvalue weighted by Crippen LogP contribution is -2.40. The van der Waals surface area contributed by atoms with Gasteiger partial charge in [-0.1, -0.05) is 17.7 Å². The van der Waals surface area contributed by atoms with Crippen molar-refractivity contribution < 1.29 is 13.2 Å². The third kappa shape index (κ3) is 5.70. The molecule has 0 unspecified atom stereocenters. The van der Waals surface area contributed by atoms with Gasteiger partial charge in [-0.15, -0.1) is 12.4 Å². The maximum Gasteiger partial charge on any atom is 0.261 e. The van der Waals surface area contributed by atoms with Crippen molar-refractivity contribution in [2.75, 3.05) is 16.6 Å². The van der Waals surface area contributed by atoms with Gasteiger partial charge >= 0.3 is 0 Å². The molecule has 0 aliphatic carbocycles. The summed E-state index contributed by atoms with van der Waals surface area (Å²) in [5.41, 5.74) is 2.10. The van der Waals surface area contributed by atoms with E-state index in [0.29, 0.717) is 17.4 Å². The lowest BCUT2D eigenvalue weighted by atomic mass is 9.92. The first kappa shape index (κ1) is 22.2. The van der Waals surface area contributed by atoms with E-state index in [1.807, 2.05) is 6.92 Å². The van der Waals surface area contributed by atoms with Gasteiger partial charge in [0, 0.05) is 23.3 Å². The Kier molecular flexibility index (Phi) is 7.46. The molecule has 1 heterocycles. The first-order chi connectivity index (χ1) is 12.8. The van der Waals surface area contributed by atoms with Crippen LogP contribution in [0.4, 0.5) is 11.4 Å². The molecule has 1 fully saturated rings. The predicted molar refractivity (Wildman–Crippen MR) is 114 cm³/mol. The number of aryl methyl sites for hydroxylation is 1. The number of anilines is 2. The number of benzene rings is 2. The van der Waals surface area contributed by atoms with Crippen LogP contribution in [0.3, 0.4) is 0 Å². The first-order valence-corrected chi connectivity index (χ1v) is 10.6. The Labute approximate surface area is 172 Å². The van der Waals surface area contributed by atoms with Crippen LogP contribution in [0.1, 0.15) is 25.3 Å². The van der Waals surface area contributed by atoms with Crippen LogP contribution < -0.4 is 15.4 Å². The summed E-state index contributed by atoms with van der Waals surface area (Å²) in [6.45, 7) is 4.83. The highest BCUT2D eigenvalue weighted by Gasteiger charge is 2.24. The Morgan fingerprint density at radius 1 is 1.04 bits per heavy atom. The van der Waals surface area contributed by atoms with Crippen molar-refractivity contribution in [2.45, 2.75) is 37.6 Å². The number of sulfonamides is 1. The van der Waals surface area contributed by atoms with Crippen molar-refractivity contribution in [1.82, 2.24) is 5.32 Å². The van der Waals surface area contributed by atoms with E-state index in [2.05, 4.69) is 22.3 Å². The van der Waals surface area contributed by atoms with E-state index in [-0.39, 0.29) is 29.1 Å². The average Bonchev–Trinajstić information content (AvgIpc) is 2.63. The Balaban J connectivity index is 0.00000280. The molecule has 2 aromatic carbocycles.